The van der Waals surface area contributed by atoms with E-state index in [2.05, 4.69) is 15.9 Å². The summed E-state index contributed by atoms with van der Waals surface area (Å²) in [5.41, 5.74) is 1.13. The standard InChI is InChI=1S/C20H18BrNO5/c1-26-17-4-2-3-13(9-17)18(23)12-27-20(25)14-10-19(24)22(11-14)16-7-5-15(21)6-8-16/h2-9,14H,10-12H2,1H3. The lowest BCUT2D eigenvalue weighted by Crippen LogP contribution is -2.27. The van der Waals surface area contributed by atoms with Gasteiger partial charge in [0.1, 0.15) is 5.75 Å². The van der Waals surface area contributed by atoms with Crippen molar-refractivity contribution < 1.29 is 23.9 Å². The number of nitrogens with zero attached hydrogens (tertiary/aromatic N) is 1. The van der Waals surface area contributed by atoms with E-state index in [-0.39, 0.29) is 31.3 Å². The molecule has 6 nitrogen and oxygen atoms in total. The van der Waals surface area contributed by atoms with Crippen molar-refractivity contribution in [2.45, 2.75) is 6.42 Å². The van der Waals surface area contributed by atoms with Crippen molar-refractivity contribution in [2.75, 3.05) is 25.2 Å². The van der Waals surface area contributed by atoms with Crippen LogP contribution in [0.2, 0.25) is 0 Å². The van der Waals surface area contributed by atoms with E-state index in [1.165, 1.54) is 7.11 Å². The van der Waals surface area contributed by atoms with Crippen molar-refractivity contribution in [3.05, 3.63) is 58.6 Å². The molecule has 2 aromatic carbocycles. The Kier molecular flexibility index (Phi) is 5.91. The minimum atomic E-state index is -0.584. The van der Waals surface area contributed by atoms with Gasteiger partial charge in [0.05, 0.1) is 13.0 Å². The zero-order valence-electron chi connectivity index (χ0n) is 14.7. The van der Waals surface area contributed by atoms with E-state index >= 15 is 0 Å². The average molecular weight is 432 g/mol. The molecule has 0 N–H and O–H groups in total. The maximum atomic E-state index is 12.3. The highest BCUT2D eigenvalue weighted by atomic mass is 79.9. The number of amides is 1. The minimum absolute atomic E-state index is 0.0717. The summed E-state index contributed by atoms with van der Waals surface area (Å²) in [5, 5.41) is 0. The number of hydrogen-bond donors (Lipinski definition) is 0. The van der Waals surface area contributed by atoms with Crippen molar-refractivity contribution in [3.8, 4) is 5.75 Å². The minimum Gasteiger partial charge on any atom is -0.497 e. The van der Waals surface area contributed by atoms with Gasteiger partial charge in [-0.15, -0.1) is 0 Å². The van der Waals surface area contributed by atoms with Crippen molar-refractivity contribution in [1.29, 1.82) is 0 Å². The molecule has 0 aromatic heterocycles. The van der Waals surface area contributed by atoms with Crippen molar-refractivity contribution in [1.82, 2.24) is 0 Å². The predicted molar refractivity (Wildman–Crippen MR) is 103 cm³/mol. The molecular formula is C20H18BrNO5. The van der Waals surface area contributed by atoms with E-state index in [9.17, 15) is 14.4 Å². The lowest BCUT2D eigenvalue weighted by Gasteiger charge is -2.16. The van der Waals surface area contributed by atoms with Gasteiger partial charge in [0.25, 0.3) is 0 Å². The van der Waals surface area contributed by atoms with E-state index in [1.54, 1.807) is 29.2 Å². The zero-order valence-corrected chi connectivity index (χ0v) is 16.3. The van der Waals surface area contributed by atoms with Crippen LogP contribution >= 0.6 is 15.9 Å². The molecule has 0 spiro atoms. The van der Waals surface area contributed by atoms with Crippen LogP contribution in [-0.2, 0) is 14.3 Å². The zero-order chi connectivity index (χ0) is 19.4. The number of Topliss-reactive ketones (excluding diaryl/α,β-unsaturated/α-hetero) is 1. The molecule has 2 aromatic rings. The Bertz CT molecular complexity index is 865. The lowest BCUT2D eigenvalue weighted by atomic mass is 10.1. The van der Waals surface area contributed by atoms with Crippen molar-refractivity contribution in [2.24, 2.45) is 5.92 Å². The second-order valence-electron chi connectivity index (χ2n) is 6.14. The Morgan fingerprint density at radius 2 is 1.93 bits per heavy atom. The normalized spacial score (nSPS) is 16.3. The Morgan fingerprint density at radius 1 is 1.19 bits per heavy atom. The third kappa shape index (κ3) is 4.54. The molecule has 1 heterocycles. The molecule has 1 amide bonds. The number of ether oxygens (including phenoxy) is 2. The molecule has 1 fully saturated rings. The van der Waals surface area contributed by atoms with Crippen LogP contribution in [0.4, 0.5) is 5.69 Å². The molecule has 0 aliphatic carbocycles. The van der Waals surface area contributed by atoms with Crippen LogP contribution in [0.1, 0.15) is 16.8 Å². The number of carbonyl (C=O) groups excluding carboxylic acids is 3. The van der Waals surface area contributed by atoms with Gasteiger partial charge in [0.2, 0.25) is 5.91 Å². The molecule has 0 radical (unpaired) electrons. The number of hydrogen-bond acceptors (Lipinski definition) is 5. The van der Waals surface area contributed by atoms with Crippen LogP contribution in [-0.4, -0.2) is 37.9 Å². The summed E-state index contributed by atoms with van der Waals surface area (Å²) in [6.45, 7) is -0.123. The molecule has 3 rings (SSSR count). The molecular weight excluding hydrogens is 414 g/mol. The van der Waals surface area contributed by atoms with E-state index in [1.807, 2.05) is 24.3 Å². The summed E-state index contributed by atoms with van der Waals surface area (Å²) in [6.07, 6.45) is 0.0717. The summed E-state index contributed by atoms with van der Waals surface area (Å²) >= 11 is 3.35. The molecule has 1 atom stereocenters. The Morgan fingerprint density at radius 3 is 2.63 bits per heavy atom. The first-order valence-electron chi connectivity index (χ1n) is 8.37. The van der Waals surface area contributed by atoms with E-state index < -0.39 is 11.9 Å². The summed E-state index contributed by atoms with van der Waals surface area (Å²) in [6, 6.07) is 13.9. The second kappa shape index (κ2) is 8.35. The molecule has 0 bridgehead atoms. The van der Waals surface area contributed by atoms with Crippen molar-refractivity contribution >= 4 is 39.3 Å². The first-order valence-corrected chi connectivity index (χ1v) is 9.17. The highest BCUT2D eigenvalue weighted by Crippen LogP contribution is 2.27. The SMILES string of the molecule is COc1cccc(C(=O)COC(=O)C2CC(=O)N(c3ccc(Br)cc3)C2)c1. The van der Waals surface area contributed by atoms with Crippen LogP contribution in [0, 0.1) is 5.92 Å². The van der Waals surface area contributed by atoms with Crippen LogP contribution < -0.4 is 9.64 Å². The molecule has 1 saturated heterocycles. The number of ketones is 1. The van der Waals surface area contributed by atoms with Gasteiger partial charge in [-0.1, -0.05) is 28.1 Å². The van der Waals surface area contributed by atoms with Crippen LogP contribution in [0.15, 0.2) is 53.0 Å². The average Bonchev–Trinajstić information content (AvgIpc) is 3.08. The molecule has 140 valence electrons. The Labute approximate surface area is 165 Å². The lowest BCUT2D eigenvalue weighted by molar-refractivity contribution is -0.147. The van der Waals surface area contributed by atoms with Gasteiger partial charge in [-0.3, -0.25) is 14.4 Å². The maximum absolute atomic E-state index is 12.3. The van der Waals surface area contributed by atoms with Crippen LogP contribution in [0.25, 0.3) is 0 Å². The molecule has 1 unspecified atom stereocenters. The fourth-order valence-electron chi connectivity index (χ4n) is 2.87. The summed E-state index contributed by atoms with van der Waals surface area (Å²) in [4.78, 5) is 38.3. The number of esters is 1. The van der Waals surface area contributed by atoms with Gasteiger partial charge in [-0.05, 0) is 36.4 Å². The number of benzene rings is 2. The number of carbonyl (C=O) groups is 3. The third-order valence-corrected chi connectivity index (χ3v) is 4.86. The number of halogens is 1. The second-order valence-corrected chi connectivity index (χ2v) is 7.06. The molecule has 1 aliphatic heterocycles. The highest BCUT2D eigenvalue weighted by molar-refractivity contribution is 9.10. The van der Waals surface area contributed by atoms with Crippen molar-refractivity contribution in [3.63, 3.8) is 0 Å². The van der Waals surface area contributed by atoms with Crippen LogP contribution in [0.5, 0.6) is 5.75 Å². The van der Waals surface area contributed by atoms with E-state index in [4.69, 9.17) is 9.47 Å². The molecule has 1 aliphatic rings. The third-order valence-electron chi connectivity index (χ3n) is 4.33. The Hall–Kier alpha value is -2.67. The predicted octanol–water partition coefficient (Wildman–Crippen LogP) is 3.24. The van der Waals surface area contributed by atoms with E-state index in [0.717, 1.165) is 10.2 Å². The highest BCUT2D eigenvalue weighted by Gasteiger charge is 2.36. The Balaban J connectivity index is 1.57. The number of methoxy groups -OCH3 is 1. The molecule has 0 saturated carbocycles. The van der Waals surface area contributed by atoms with Crippen LogP contribution in [0.3, 0.4) is 0 Å². The smallest absolute Gasteiger partial charge is 0.311 e. The quantitative estimate of drug-likeness (QED) is 0.518. The van der Waals surface area contributed by atoms with Gasteiger partial charge in [0.15, 0.2) is 12.4 Å². The van der Waals surface area contributed by atoms with Gasteiger partial charge in [-0.25, -0.2) is 0 Å². The first kappa shape index (κ1) is 19.1. The molecule has 7 heteroatoms. The first-order chi connectivity index (χ1) is 13.0. The summed E-state index contributed by atoms with van der Waals surface area (Å²) in [5.74, 6) is -1.04. The van der Waals surface area contributed by atoms with Gasteiger partial charge < -0.3 is 14.4 Å². The number of rotatable bonds is 6. The molecule has 27 heavy (non-hydrogen) atoms. The van der Waals surface area contributed by atoms with Gasteiger partial charge >= 0.3 is 5.97 Å². The fraction of sp³-hybridized carbons (Fsp3) is 0.250. The monoisotopic (exact) mass is 431 g/mol. The van der Waals surface area contributed by atoms with Gasteiger partial charge in [0, 0.05) is 28.7 Å². The maximum Gasteiger partial charge on any atom is 0.311 e. The fourth-order valence-corrected chi connectivity index (χ4v) is 3.13. The largest absolute Gasteiger partial charge is 0.497 e. The summed E-state index contributed by atoms with van der Waals surface area (Å²) in [7, 11) is 1.51. The topological polar surface area (TPSA) is 72.9 Å². The van der Waals surface area contributed by atoms with E-state index in [0.29, 0.717) is 11.3 Å². The number of anilines is 1. The van der Waals surface area contributed by atoms with Gasteiger partial charge in [-0.2, -0.15) is 0 Å². The summed E-state index contributed by atoms with van der Waals surface area (Å²) < 4.78 is 11.1.